The highest BCUT2D eigenvalue weighted by Crippen LogP contribution is 2.32. The smallest absolute Gasteiger partial charge is 0.345 e. The molecule has 0 atom stereocenters. The first-order chi connectivity index (χ1) is 14.9. The van der Waals surface area contributed by atoms with Gasteiger partial charge in [-0.15, -0.1) is 0 Å². The lowest BCUT2D eigenvalue weighted by Gasteiger charge is -2.37. The van der Waals surface area contributed by atoms with E-state index in [-0.39, 0.29) is 18.1 Å². The predicted octanol–water partition coefficient (Wildman–Crippen LogP) is 2.32. The number of aryl methyl sites for hydroxylation is 1. The van der Waals surface area contributed by atoms with Crippen molar-refractivity contribution >= 4 is 40.1 Å². The number of ether oxygens (including phenoxy) is 2. The highest BCUT2D eigenvalue weighted by Gasteiger charge is 2.31. The number of hydrogen-bond donors (Lipinski definition) is 0. The Bertz CT molecular complexity index is 1130. The standard InChI is InChI=1S/C22H24ClN3O5/c1-3-30-22(29)18-19(15-13-14(23)6-7-16(15)24(2)21(18)28)25-8-10-26(11-9-25)20(27)17-5-4-12-31-17/h5-7,13H,3-4,8-12H2,1-2H3. The number of rotatable bonds is 4. The molecule has 0 saturated carbocycles. The molecule has 1 amide bonds. The zero-order chi connectivity index (χ0) is 22.1. The van der Waals surface area contributed by atoms with E-state index >= 15 is 0 Å². The van der Waals surface area contributed by atoms with Crippen molar-refractivity contribution < 1.29 is 19.1 Å². The van der Waals surface area contributed by atoms with E-state index in [0.717, 1.165) is 6.42 Å². The molecular formula is C22H24ClN3O5. The largest absolute Gasteiger partial charge is 0.488 e. The van der Waals surface area contributed by atoms with Crippen LogP contribution in [0.4, 0.5) is 5.69 Å². The number of benzene rings is 1. The lowest BCUT2D eigenvalue weighted by Crippen LogP contribution is -2.50. The zero-order valence-corrected chi connectivity index (χ0v) is 18.3. The minimum Gasteiger partial charge on any atom is -0.488 e. The van der Waals surface area contributed by atoms with E-state index < -0.39 is 11.5 Å². The maximum absolute atomic E-state index is 13.1. The van der Waals surface area contributed by atoms with Gasteiger partial charge >= 0.3 is 5.97 Å². The van der Waals surface area contributed by atoms with Gasteiger partial charge in [0.1, 0.15) is 5.56 Å². The number of piperazine rings is 1. The number of anilines is 1. The topological polar surface area (TPSA) is 81.1 Å². The summed E-state index contributed by atoms with van der Waals surface area (Å²) in [5, 5.41) is 1.20. The van der Waals surface area contributed by atoms with Crippen LogP contribution in [0.5, 0.6) is 0 Å². The van der Waals surface area contributed by atoms with E-state index in [1.165, 1.54) is 4.57 Å². The van der Waals surface area contributed by atoms with E-state index in [1.54, 1.807) is 37.1 Å². The molecule has 164 valence electrons. The molecule has 9 heteroatoms. The third-order valence-electron chi connectivity index (χ3n) is 5.61. The van der Waals surface area contributed by atoms with Crippen molar-refractivity contribution in [2.45, 2.75) is 13.3 Å². The molecule has 4 rings (SSSR count). The van der Waals surface area contributed by atoms with Crippen LogP contribution < -0.4 is 10.5 Å². The third-order valence-corrected chi connectivity index (χ3v) is 5.84. The van der Waals surface area contributed by atoms with E-state index in [1.807, 2.05) is 11.0 Å². The van der Waals surface area contributed by atoms with Crippen molar-refractivity contribution in [3.05, 3.63) is 51.0 Å². The number of esters is 1. The number of amides is 1. The Morgan fingerprint density at radius 2 is 1.94 bits per heavy atom. The second-order valence-electron chi connectivity index (χ2n) is 7.45. The molecule has 1 aromatic heterocycles. The van der Waals surface area contributed by atoms with E-state index in [0.29, 0.717) is 60.2 Å². The van der Waals surface area contributed by atoms with E-state index in [2.05, 4.69) is 0 Å². The van der Waals surface area contributed by atoms with Crippen molar-refractivity contribution in [1.29, 1.82) is 0 Å². The van der Waals surface area contributed by atoms with Gasteiger partial charge in [0.15, 0.2) is 5.76 Å². The van der Waals surface area contributed by atoms with Crippen molar-refractivity contribution in [3.8, 4) is 0 Å². The van der Waals surface area contributed by atoms with Crippen molar-refractivity contribution in [3.63, 3.8) is 0 Å². The first kappa shape index (κ1) is 21.2. The van der Waals surface area contributed by atoms with Gasteiger partial charge in [-0.05, 0) is 31.2 Å². The highest BCUT2D eigenvalue weighted by molar-refractivity contribution is 6.31. The van der Waals surface area contributed by atoms with Crippen molar-refractivity contribution in [2.75, 3.05) is 44.3 Å². The zero-order valence-electron chi connectivity index (χ0n) is 17.5. The maximum atomic E-state index is 13.1. The minimum atomic E-state index is -0.664. The molecular weight excluding hydrogens is 422 g/mol. The third kappa shape index (κ3) is 3.87. The van der Waals surface area contributed by atoms with Gasteiger partial charge in [0.25, 0.3) is 11.5 Å². The Kier molecular flexibility index (Phi) is 5.91. The fourth-order valence-electron chi connectivity index (χ4n) is 4.08. The van der Waals surface area contributed by atoms with Gasteiger partial charge in [0, 0.05) is 50.1 Å². The van der Waals surface area contributed by atoms with Crippen LogP contribution in [-0.2, 0) is 21.3 Å². The average molecular weight is 446 g/mol. The molecule has 31 heavy (non-hydrogen) atoms. The number of nitrogens with zero attached hydrogens (tertiary/aromatic N) is 3. The van der Waals surface area contributed by atoms with Gasteiger partial charge in [-0.25, -0.2) is 4.79 Å². The Labute approximate surface area is 184 Å². The maximum Gasteiger partial charge on any atom is 0.345 e. The molecule has 8 nitrogen and oxygen atoms in total. The Morgan fingerprint density at radius 1 is 1.19 bits per heavy atom. The second kappa shape index (κ2) is 8.63. The molecule has 2 aliphatic heterocycles. The van der Waals surface area contributed by atoms with Gasteiger partial charge in [-0.3, -0.25) is 9.59 Å². The summed E-state index contributed by atoms with van der Waals surface area (Å²) in [4.78, 5) is 42.2. The monoisotopic (exact) mass is 445 g/mol. The Morgan fingerprint density at radius 3 is 2.58 bits per heavy atom. The molecule has 3 heterocycles. The average Bonchev–Trinajstić information content (AvgIpc) is 3.30. The van der Waals surface area contributed by atoms with Crippen molar-refractivity contribution in [2.24, 2.45) is 7.05 Å². The fraction of sp³-hybridized carbons (Fsp3) is 0.409. The quantitative estimate of drug-likeness (QED) is 0.672. The van der Waals surface area contributed by atoms with Crippen LogP contribution >= 0.6 is 11.6 Å². The van der Waals surface area contributed by atoms with Crippen LogP contribution in [0.25, 0.3) is 10.9 Å². The number of aromatic nitrogens is 1. The van der Waals surface area contributed by atoms with Gasteiger partial charge in [0.05, 0.1) is 24.4 Å². The molecule has 2 aromatic rings. The van der Waals surface area contributed by atoms with Crippen LogP contribution in [0.3, 0.4) is 0 Å². The molecule has 0 aliphatic carbocycles. The first-order valence-electron chi connectivity index (χ1n) is 10.3. The van der Waals surface area contributed by atoms with Gasteiger partial charge in [-0.2, -0.15) is 0 Å². The second-order valence-corrected chi connectivity index (χ2v) is 7.89. The lowest BCUT2D eigenvalue weighted by molar-refractivity contribution is -0.130. The molecule has 1 aromatic carbocycles. The first-order valence-corrected chi connectivity index (χ1v) is 10.7. The highest BCUT2D eigenvalue weighted by atomic mass is 35.5. The number of pyridine rings is 1. The van der Waals surface area contributed by atoms with Crippen LogP contribution in [0, 0.1) is 0 Å². The Balaban J connectivity index is 1.74. The van der Waals surface area contributed by atoms with Crippen LogP contribution in [-0.4, -0.2) is 60.7 Å². The molecule has 1 fully saturated rings. The number of halogens is 1. The van der Waals surface area contributed by atoms with E-state index in [9.17, 15) is 14.4 Å². The fourth-order valence-corrected chi connectivity index (χ4v) is 4.25. The van der Waals surface area contributed by atoms with Crippen LogP contribution in [0.15, 0.2) is 34.8 Å². The number of carbonyl (C=O) groups is 2. The van der Waals surface area contributed by atoms with Crippen molar-refractivity contribution in [1.82, 2.24) is 9.47 Å². The number of carbonyl (C=O) groups excluding carboxylic acids is 2. The molecule has 0 spiro atoms. The molecule has 0 unspecified atom stereocenters. The summed E-state index contributed by atoms with van der Waals surface area (Å²) in [5.74, 6) is -0.394. The van der Waals surface area contributed by atoms with E-state index in [4.69, 9.17) is 21.1 Å². The summed E-state index contributed by atoms with van der Waals surface area (Å²) in [6.07, 6.45) is 2.55. The minimum absolute atomic E-state index is 0.0132. The van der Waals surface area contributed by atoms with Gasteiger partial charge < -0.3 is 23.8 Å². The number of fused-ring (bicyclic) bond motifs is 1. The van der Waals surface area contributed by atoms with Gasteiger partial charge in [0.2, 0.25) is 0 Å². The summed E-state index contributed by atoms with van der Waals surface area (Å²) >= 11 is 6.26. The summed E-state index contributed by atoms with van der Waals surface area (Å²) in [6, 6.07) is 5.23. The normalized spacial score (nSPS) is 16.3. The van der Waals surface area contributed by atoms with Crippen LogP contribution in [0.1, 0.15) is 23.7 Å². The number of hydrogen-bond acceptors (Lipinski definition) is 6. The van der Waals surface area contributed by atoms with Gasteiger partial charge in [-0.1, -0.05) is 11.6 Å². The summed E-state index contributed by atoms with van der Waals surface area (Å²) in [5.41, 5.74) is 0.731. The molecule has 0 N–H and O–H groups in total. The SMILES string of the molecule is CCOC(=O)c1c(N2CCN(C(=O)C3=CCCO3)CC2)c2cc(Cl)ccc2n(C)c1=O. The Hall–Kier alpha value is -3.00. The van der Waals surface area contributed by atoms with Crippen LogP contribution in [0.2, 0.25) is 5.02 Å². The molecule has 0 bridgehead atoms. The molecule has 0 radical (unpaired) electrons. The molecule has 2 aliphatic rings. The molecule has 1 saturated heterocycles. The summed E-state index contributed by atoms with van der Waals surface area (Å²) < 4.78 is 12.0. The lowest BCUT2D eigenvalue weighted by atomic mass is 10.1. The predicted molar refractivity (Wildman–Crippen MR) is 118 cm³/mol. The summed E-state index contributed by atoms with van der Waals surface area (Å²) in [6.45, 7) is 4.19. The summed E-state index contributed by atoms with van der Waals surface area (Å²) in [7, 11) is 1.62.